The highest BCUT2D eigenvalue weighted by Crippen LogP contribution is 2.28. The molecule has 19 heteroatoms. The van der Waals surface area contributed by atoms with Crippen molar-refractivity contribution < 1.29 is 29.0 Å². The van der Waals surface area contributed by atoms with E-state index in [1.165, 1.54) is 21.6 Å². The van der Waals surface area contributed by atoms with Crippen LogP contribution < -0.4 is 32.5 Å². The van der Waals surface area contributed by atoms with Gasteiger partial charge in [0.05, 0.1) is 18.4 Å². The number of ether oxygens (including phenoxy) is 1. The van der Waals surface area contributed by atoms with Crippen molar-refractivity contribution in [3.8, 4) is 0 Å². The molecule has 0 aliphatic rings. The first-order valence-corrected chi connectivity index (χ1v) is 16.2. The molecule has 17 nitrogen and oxygen atoms in total. The first-order chi connectivity index (χ1) is 22.6. The largest absolute Gasteiger partial charge is 0.480 e. The SMILES string of the molecule is CN(Cc1cnc2nc(N)nc(N)c2n1)c1ccc(C(=O)NC(CCC(=O)NNC(=O)OCCSSc2ccccn2)C(=O)O)cc1. The van der Waals surface area contributed by atoms with Crippen LogP contribution in [0.3, 0.4) is 0 Å². The van der Waals surface area contributed by atoms with Crippen LogP contribution >= 0.6 is 21.6 Å². The molecule has 0 radical (unpaired) electrons. The van der Waals surface area contributed by atoms with Gasteiger partial charge in [-0.05, 0) is 53.6 Å². The lowest BCUT2D eigenvalue weighted by Gasteiger charge is -2.19. The molecule has 0 saturated carbocycles. The summed E-state index contributed by atoms with van der Waals surface area (Å²) in [6.45, 7) is 0.441. The molecule has 3 amide bonds. The van der Waals surface area contributed by atoms with Gasteiger partial charge in [-0.3, -0.25) is 15.0 Å². The topological polar surface area (TPSA) is 254 Å². The minimum Gasteiger partial charge on any atom is -0.480 e. The summed E-state index contributed by atoms with van der Waals surface area (Å²) in [6, 6.07) is 10.6. The van der Waals surface area contributed by atoms with Gasteiger partial charge < -0.3 is 31.5 Å². The molecule has 0 fully saturated rings. The fraction of sp³-hybridized carbons (Fsp3) is 0.250. The van der Waals surface area contributed by atoms with Gasteiger partial charge in [0.15, 0.2) is 17.0 Å². The van der Waals surface area contributed by atoms with Crippen molar-refractivity contribution in [2.45, 2.75) is 30.5 Å². The predicted octanol–water partition coefficient (Wildman–Crippen LogP) is 1.78. The van der Waals surface area contributed by atoms with E-state index in [2.05, 4.69) is 41.1 Å². The van der Waals surface area contributed by atoms with E-state index in [-0.39, 0.29) is 42.4 Å². The Morgan fingerprint density at radius 2 is 1.81 bits per heavy atom. The first-order valence-electron chi connectivity index (χ1n) is 13.9. The van der Waals surface area contributed by atoms with Gasteiger partial charge in [-0.2, -0.15) is 9.97 Å². The number of hydrazine groups is 1. The van der Waals surface area contributed by atoms with Crippen molar-refractivity contribution in [3.05, 3.63) is 66.1 Å². The highest BCUT2D eigenvalue weighted by Gasteiger charge is 2.22. The van der Waals surface area contributed by atoms with Crippen LogP contribution in [0.1, 0.15) is 28.9 Å². The summed E-state index contributed by atoms with van der Waals surface area (Å²) in [6.07, 6.45) is 1.85. The van der Waals surface area contributed by atoms with Gasteiger partial charge in [0, 0.05) is 36.7 Å². The fourth-order valence-corrected chi connectivity index (χ4v) is 5.63. The van der Waals surface area contributed by atoms with E-state index in [9.17, 15) is 24.3 Å². The summed E-state index contributed by atoms with van der Waals surface area (Å²) < 4.78 is 4.98. The number of carboxylic acids is 1. The Bertz CT molecular complexity index is 1720. The highest BCUT2D eigenvalue weighted by molar-refractivity contribution is 8.76. The van der Waals surface area contributed by atoms with Crippen LogP contribution in [0, 0.1) is 0 Å². The summed E-state index contributed by atoms with van der Waals surface area (Å²) in [5.74, 6) is -2.00. The number of nitrogens with zero attached hydrogens (tertiary/aromatic N) is 6. The molecular formula is C28H31N11O6S2. The fourth-order valence-electron chi connectivity index (χ4n) is 3.92. The van der Waals surface area contributed by atoms with Crippen LogP contribution in [0.2, 0.25) is 0 Å². The second kappa shape index (κ2) is 16.8. The number of carbonyl (C=O) groups excluding carboxylic acids is 3. The van der Waals surface area contributed by atoms with Crippen molar-refractivity contribution in [1.82, 2.24) is 41.1 Å². The van der Waals surface area contributed by atoms with E-state index in [0.717, 1.165) is 10.7 Å². The average Bonchev–Trinajstić information content (AvgIpc) is 3.06. The normalized spacial score (nSPS) is 11.3. The first kappa shape index (κ1) is 34.4. The molecule has 246 valence electrons. The summed E-state index contributed by atoms with van der Waals surface area (Å²) in [5.41, 5.74) is 17.9. The molecular weight excluding hydrogens is 651 g/mol. The van der Waals surface area contributed by atoms with Crippen molar-refractivity contribution in [2.75, 3.05) is 35.8 Å². The van der Waals surface area contributed by atoms with Crippen LogP contribution in [-0.4, -0.2) is 79.4 Å². The van der Waals surface area contributed by atoms with Crippen LogP contribution in [-0.2, 0) is 20.9 Å². The van der Waals surface area contributed by atoms with Crippen LogP contribution in [0.25, 0.3) is 11.2 Å². The van der Waals surface area contributed by atoms with Crippen LogP contribution in [0.4, 0.5) is 22.2 Å². The minimum atomic E-state index is -1.35. The third kappa shape index (κ3) is 10.6. The van der Waals surface area contributed by atoms with E-state index >= 15 is 0 Å². The van der Waals surface area contributed by atoms with Crippen molar-refractivity contribution in [3.63, 3.8) is 0 Å². The number of nitrogens with two attached hydrogens (primary N) is 2. The second-order valence-electron chi connectivity index (χ2n) is 9.69. The summed E-state index contributed by atoms with van der Waals surface area (Å²) in [5, 5.41) is 12.8. The Morgan fingerprint density at radius 1 is 1.02 bits per heavy atom. The van der Waals surface area contributed by atoms with Crippen molar-refractivity contribution >= 4 is 74.1 Å². The Morgan fingerprint density at radius 3 is 2.53 bits per heavy atom. The number of rotatable bonds is 14. The summed E-state index contributed by atoms with van der Waals surface area (Å²) in [4.78, 5) is 71.2. The van der Waals surface area contributed by atoms with Gasteiger partial charge >= 0.3 is 12.1 Å². The number of aromatic nitrogens is 5. The molecule has 0 aliphatic heterocycles. The van der Waals surface area contributed by atoms with Crippen LogP contribution in [0.15, 0.2) is 59.9 Å². The van der Waals surface area contributed by atoms with Gasteiger partial charge in [0.2, 0.25) is 11.9 Å². The number of benzene rings is 1. The van der Waals surface area contributed by atoms with E-state index in [1.54, 1.807) is 36.7 Å². The Balaban J connectivity index is 1.18. The number of aliphatic carboxylic acids is 1. The minimum absolute atomic E-state index is 0.00336. The lowest BCUT2D eigenvalue weighted by Crippen LogP contribution is -2.44. The van der Waals surface area contributed by atoms with E-state index < -0.39 is 29.9 Å². The van der Waals surface area contributed by atoms with Gasteiger partial charge in [0.25, 0.3) is 5.91 Å². The van der Waals surface area contributed by atoms with Gasteiger partial charge in [-0.25, -0.2) is 30.0 Å². The molecule has 3 aromatic heterocycles. The predicted molar refractivity (Wildman–Crippen MR) is 176 cm³/mol. The summed E-state index contributed by atoms with van der Waals surface area (Å²) >= 11 is 0. The maximum Gasteiger partial charge on any atom is 0.426 e. The molecule has 0 saturated heterocycles. The average molecular weight is 682 g/mol. The number of pyridine rings is 1. The lowest BCUT2D eigenvalue weighted by molar-refractivity contribution is -0.139. The summed E-state index contributed by atoms with van der Waals surface area (Å²) in [7, 11) is 4.70. The number of hydrogen-bond acceptors (Lipinski definition) is 15. The number of fused-ring (bicyclic) bond motifs is 1. The molecule has 1 atom stereocenters. The zero-order valence-electron chi connectivity index (χ0n) is 25.0. The Labute approximate surface area is 276 Å². The van der Waals surface area contributed by atoms with Gasteiger partial charge in [-0.1, -0.05) is 16.9 Å². The number of anilines is 3. The Hall–Kier alpha value is -5.43. The number of nitrogens with one attached hydrogen (secondary N) is 3. The maximum absolute atomic E-state index is 12.8. The van der Waals surface area contributed by atoms with Crippen molar-refractivity contribution in [1.29, 1.82) is 0 Å². The second-order valence-corrected chi connectivity index (χ2v) is 12.1. The van der Waals surface area contributed by atoms with E-state index in [0.29, 0.717) is 23.5 Å². The van der Waals surface area contributed by atoms with Gasteiger partial charge in [-0.15, -0.1) is 0 Å². The maximum atomic E-state index is 12.8. The molecule has 0 spiro atoms. The lowest BCUT2D eigenvalue weighted by atomic mass is 10.1. The number of hydrogen-bond donors (Lipinski definition) is 6. The standard InChI is InChI=1S/C28H31N11O6S2/c1-39(15-17-14-32-24-22(33-17)23(29)35-27(30)36-24)18-7-5-16(6-8-18)25(41)34-19(26(42)43)9-10-20(40)37-38-28(44)45-12-13-46-47-21-4-2-3-11-31-21/h2-8,11,14,19H,9-10,12-13,15H2,1H3,(H,34,41)(H,37,40)(H,38,44)(H,42,43)(H4,29,30,32,35,36). The molecule has 0 bridgehead atoms. The zero-order valence-corrected chi connectivity index (χ0v) is 26.6. The molecule has 3 heterocycles. The monoisotopic (exact) mass is 681 g/mol. The third-order valence-corrected chi connectivity index (χ3v) is 8.45. The number of carboxylic acid groups (broad SMARTS) is 1. The van der Waals surface area contributed by atoms with Crippen LogP contribution in [0.5, 0.6) is 0 Å². The third-order valence-electron chi connectivity index (χ3n) is 6.22. The number of amides is 3. The highest BCUT2D eigenvalue weighted by atomic mass is 33.1. The molecule has 4 rings (SSSR count). The van der Waals surface area contributed by atoms with E-state index in [4.69, 9.17) is 16.2 Å². The molecule has 1 unspecified atom stereocenters. The molecule has 0 aliphatic carbocycles. The smallest absolute Gasteiger partial charge is 0.426 e. The quantitative estimate of drug-likeness (QED) is 0.0630. The van der Waals surface area contributed by atoms with Crippen molar-refractivity contribution in [2.24, 2.45) is 0 Å². The van der Waals surface area contributed by atoms with Gasteiger partial charge in [0.1, 0.15) is 17.7 Å². The molecule has 4 aromatic rings. The van der Waals surface area contributed by atoms with E-state index in [1.807, 2.05) is 30.1 Å². The number of carbonyl (C=O) groups is 4. The number of nitrogen functional groups attached to an aromatic ring is 2. The zero-order chi connectivity index (χ0) is 33.8. The Kier molecular flexibility index (Phi) is 12.3. The molecule has 1 aromatic carbocycles. The molecule has 8 N–H and O–H groups in total. The molecule has 47 heavy (non-hydrogen) atoms.